The molecule has 1 atom stereocenters. The van der Waals surface area contributed by atoms with Crippen LogP contribution in [-0.4, -0.2) is 52.4 Å². The average Bonchev–Trinajstić information content (AvgIpc) is 3.15. The quantitative estimate of drug-likeness (QED) is 0.794. The molecule has 4 rings (SSSR count). The van der Waals surface area contributed by atoms with E-state index in [2.05, 4.69) is 14.8 Å². The van der Waals surface area contributed by atoms with Crippen molar-refractivity contribution in [2.75, 3.05) is 13.1 Å². The Morgan fingerprint density at radius 3 is 2.48 bits per heavy atom. The minimum absolute atomic E-state index is 0.108. The van der Waals surface area contributed by atoms with Crippen LogP contribution in [0.3, 0.4) is 0 Å². The van der Waals surface area contributed by atoms with Crippen molar-refractivity contribution in [2.45, 2.75) is 18.6 Å². The Morgan fingerprint density at radius 1 is 1.10 bits per heavy atom. The number of hydrogen-bond donors (Lipinski definition) is 1. The molecule has 3 heterocycles. The third kappa shape index (κ3) is 4.37. The zero-order valence-electron chi connectivity index (χ0n) is 15.9. The predicted octanol–water partition coefficient (Wildman–Crippen LogP) is 2.57. The molecule has 2 aliphatic heterocycles. The molecule has 9 nitrogen and oxygen atoms in total. The van der Waals surface area contributed by atoms with Crippen molar-refractivity contribution in [3.8, 4) is 11.8 Å². The number of likely N-dealkylation sites (tertiary alicyclic amines) is 1. The monoisotopic (exact) mass is 435 g/mol. The average molecular weight is 435 g/mol. The lowest BCUT2D eigenvalue weighted by Crippen LogP contribution is -2.59. The first-order valence-corrected chi connectivity index (χ1v) is 9.17. The lowest BCUT2D eigenvalue weighted by Gasteiger charge is -2.40. The molecule has 0 aliphatic carbocycles. The number of pyridine rings is 1. The van der Waals surface area contributed by atoms with Gasteiger partial charge in [-0.1, -0.05) is 0 Å². The molecule has 0 saturated carbocycles. The van der Waals surface area contributed by atoms with E-state index in [1.807, 2.05) is 0 Å². The molecule has 1 saturated heterocycles. The van der Waals surface area contributed by atoms with Crippen LogP contribution in [0.25, 0.3) is 0 Å². The molecule has 0 radical (unpaired) electrons. The SMILES string of the molecule is NC(=O)Oc1ccc(F)c(OC2CN(C(=O)N3N=CC[C@H]3c3cc(F)cc(F)c3)C2)n1. The number of hydrogen-bond acceptors (Lipinski definition) is 6. The number of aromatic nitrogens is 1. The third-order valence-electron chi connectivity index (χ3n) is 4.69. The lowest BCUT2D eigenvalue weighted by atomic mass is 10.0. The van der Waals surface area contributed by atoms with E-state index in [0.717, 1.165) is 35.3 Å². The fourth-order valence-corrected chi connectivity index (χ4v) is 3.26. The van der Waals surface area contributed by atoms with Crippen LogP contribution in [0.1, 0.15) is 18.0 Å². The van der Waals surface area contributed by atoms with Gasteiger partial charge in [-0.25, -0.2) is 27.8 Å². The summed E-state index contributed by atoms with van der Waals surface area (Å²) >= 11 is 0. The number of carbonyl (C=O) groups excluding carboxylic acids is 2. The van der Waals surface area contributed by atoms with Crippen molar-refractivity contribution in [2.24, 2.45) is 10.8 Å². The van der Waals surface area contributed by atoms with Crippen LogP contribution >= 0.6 is 0 Å². The molecule has 1 aromatic carbocycles. The minimum Gasteiger partial charge on any atom is -0.468 e. The van der Waals surface area contributed by atoms with Crippen molar-refractivity contribution in [3.05, 3.63) is 53.3 Å². The van der Waals surface area contributed by atoms with Gasteiger partial charge in [-0.2, -0.15) is 10.1 Å². The summed E-state index contributed by atoms with van der Waals surface area (Å²) in [6.45, 7) is 0.216. The van der Waals surface area contributed by atoms with E-state index in [9.17, 15) is 22.8 Å². The molecule has 2 aliphatic rings. The van der Waals surface area contributed by atoms with Gasteiger partial charge < -0.3 is 20.1 Å². The molecule has 1 aromatic heterocycles. The second-order valence-corrected chi connectivity index (χ2v) is 6.88. The van der Waals surface area contributed by atoms with E-state index in [1.54, 1.807) is 0 Å². The highest BCUT2D eigenvalue weighted by Crippen LogP contribution is 2.31. The normalized spacial score (nSPS) is 18.1. The summed E-state index contributed by atoms with van der Waals surface area (Å²) < 4.78 is 51.0. The van der Waals surface area contributed by atoms with Crippen molar-refractivity contribution >= 4 is 18.3 Å². The Bertz CT molecular complexity index is 1040. The van der Waals surface area contributed by atoms with Gasteiger partial charge in [0.2, 0.25) is 5.88 Å². The standard InChI is InChI=1S/C19H16F3N5O4/c20-11-5-10(6-12(21)7-11)15-3-4-24-27(15)19(29)26-8-13(9-26)30-17-14(22)1-2-16(25-17)31-18(23)28/h1-2,4-7,13,15H,3,8-9H2,(H2,23,28)/t15-/m0/s1. The molecule has 2 aromatic rings. The van der Waals surface area contributed by atoms with Gasteiger partial charge in [-0.3, -0.25) is 0 Å². The van der Waals surface area contributed by atoms with Gasteiger partial charge in [-0.15, -0.1) is 0 Å². The van der Waals surface area contributed by atoms with Crippen LogP contribution in [0.5, 0.6) is 11.8 Å². The maximum atomic E-state index is 13.9. The third-order valence-corrected chi connectivity index (χ3v) is 4.69. The number of halogens is 3. The van der Waals surface area contributed by atoms with E-state index < -0.39 is 47.6 Å². The van der Waals surface area contributed by atoms with Gasteiger partial charge in [-0.05, 0) is 23.8 Å². The summed E-state index contributed by atoms with van der Waals surface area (Å²) in [7, 11) is 0. The first-order chi connectivity index (χ1) is 14.8. The fraction of sp³-hybridized carbons (Fsp3) is 0.263. The van der Waals surface area contributed by atoms with Gasteiger partial charge in [0.1, 0.15) is 17.7 Å². The Hall–Kier alpha value is -3.83. The molecule has 31 heavy (non-hydrogen) atoms. The highest BCUT2D eigenvalue weighted by Gasteiger charge is 2.39. The van der Waals surface area contributed by atoms with Gasteiger partial charge in [0.05, 0.1) is 19.1 Å². The van der Waals surface area contributed by atoms with Crippen LogP contribution < -0.4 is 15.2 Å². The predicted molar refractivity (Wildman–Crippen MR) is 99.8 cm³/mol. The summed E-state index contributed by atoms with van der Waals surface area (Å²) in [6.07, 6.45) is 0.128. The summed E-state index contributed by atoms with van der Waals surface area (Å²) in [5.41, 5.74) is 5.18. The van der Waals surface area contributed by atoms with Gasteiger partial charge >= 0.3 is 12.1 Å². The van der Waals surface area contributed by atoms with Gasteiger partial charge in [0.15, 0.2) is 5.82 Å². The molecule has 0 bridgehead atoms. The number of nitrogens with two attached hydrogens (primary N) is 1. The smallest absolute Gasteiger partial charge is 0.411 e. The van der Waals surface area contributed by atoms with E-state index in [4.69, 9.17) is 10.5 Å². The lowest BCUT2D eigenvalue weighted by molar-refractivity contribution is 0.0227. The summed E-state index contributed by atoms with van der Waals surface area (Å²) in [6, 6.07) is 4.05. The number of carbonyl (C=O) groups is 2. The molecular formula is C19H16F3N5O4. The zero-order chi connectivity index (χ0) is 22.1. The highest BCUT2D eigenvalue weighted by atomic mass is 19.1. The van der Waals surface area contributed by atoms with Crippen LogP contribution in [-0.2, 0) is 0 Å². The number of benzene rings is 1. The van der Waals surface area contributed by atoms with Crippen LogP contribution in [0, 0.1) is 17.5 Å². The Kier molecular flexibility index (Phi) is 5.36. The highest BCUT2D eigenvalue weighted by molar-refractivity contribution is 5.79. The number of rotatable bonds is 4. The van der Waals surface area contributed by atoms with Crippen molar-refractivity contribution in [1.29, 1.82) is 0 Å². The van der Waals surface area contributed by atoms with E-state index >= 15 is 0 Å². The van der Waals surface area contributed by atoms with Crippen molar-refractivity contribution < 1.29 is 32.2 Å². The van der Waals surface area contributed by atoms with Crippen LogP contribution in [0.4, 0.5) is 22.8 Å². The molecule has 0 spiro atoms. The Morgan fingerprint density at radius 2 is 1.81 bits per heavy atom. The maximum Gasteiger partial charge on any atom is 0.411 e. The number of primary amides is 1. The van der Waals surface area contributed by atoms with Crippen LogP contribution in [0.2, 0.25) is 0 Å². The van der Waals surface area contributed by atoms with Gasteiger partial charge in [0.25, 0.3) is 5.88 Å². The second kappa shape index (κ2) is 8.13. The summed E-state index contributed by atoms with van der Waals surface area (Å²) in [4.78, 5) is 28.7. The number of hydrazone groups is 1. The van der Waals surface area contributed by atoms with Crippen molar-refractivity contribution in [3.63, 3.8) is 0 Å². The molecule has 162 valence electrons. The van der Waals surface area contributed by atoms with Crippen molar-refractivity contribution in [1.82, 2.24) is 14.9 Å². The zero-order valence-corrected chi connectivity index (χ0v) is 15.9. The molecule has 12 heteroatoms. The topological polar surface area (TPSA) is 110 Å². The molecule has 2 N–H and O–H groups in total. The van der Waals surface area contributed by atoms with E-state index in [1.165, 1.54) is 11.1 Å². The Balaban J connectivity index is 1.38. The second-order valence-electron chi connectivity index (χ2n) is 6.88. The summed E-state index contributed by atoms with van der Waals surface area (Å²) in [5.74, 6) is -2.90. The molecule has 1 fully saturated rings. The minimum atomic E-state index is -1.11. The molecule has 3 amide bonds. The fourth-order valence-electron chi connectivity index (χ4n) is 3.26. The van der Waals surface area contributed by atoms with E-state index in [-0.39, 0.29) is 24.5 Å². The number of nitrogens with zero attached hydrogens (tertiary/aromatic N) is 4. The number of urea groups is 1. The Labute approximate surface area is 173 Å². The first-order valence-electron chi connectivity index (χ1n) is 9.17. The van der Waals surface area contributed by atoms with Crippen LogP contribution in [0.15, 0.2) is 35.4 Å². The maximum absolute atomic E-state index is 13.9. The molecular weight excluding hydrogens is 419 g/mol. The molecule has 0 unspecified atom stereocenters. The number of amides is 3. The largest absolute Gasteiger partial charge is 0.468 e. The van der Waals surface area contributed by atoms with Gasteiger partial charge in [0, 0.05) is 24.8 Å². The van der Waals surface area contributed by atoms with E-state index in [0.29, 0.717) is 6.42 Å². The summed E-state index contributed by atoms with van der Waals surface area (Å²) in [5, 5.41) is 5.16. The first kappa shape index (κ1) is 20.4. The number of ether oxygens (including phenoxy) is 2.